The molecule has 1 rings (SSSR count). The fourth-order valence-electron chi connectivity index (χ4n) is 2.61. The Morgan fingerprint density at radius 3 is 2.23 bits per heavy atom. The Morgan fingerprint density at radius 1 is 1.18 bits per heavy atom. The molecule has 0 aliphatic rings. The van der Waals surface area contributed by atoms with Crippen LogP contribution in [0.3, 0.4) is 0 Å². The second-order valence-corrected chi connectivity index (χ2v) is 12.2. The number of benzene rings is 1. The molecule has 3 nitrogen and oxygen atoms in total. The molecule has 0 aliphatic heterocycles. The van der Waals surface area contributed by atoms with Crippen molar-refractivity contribution in [2.45, 2.75) is 46.0 Å². The van der Waals surface area contributed by atoms with E-state index in [0.717, 1.165) is 5.56 Å². The van der Waals surface area contributed by atoms with Crippen LogP contribution < -0.4 is 0 Å². The van der Waals surface area contributed by atoms with Crippen molar-refractivity contribution >= 4 is 13.5 Å². The Labute approximate surface area is 135 Å². The molecule has 0 bridgehead atoms. The number of aliphatic hydroxyl groups excluding tert-OH is 1. The smallest absolute Gasteiger partial charge is 0.124 e. The second-order valence-electron chi connectivity index (χ2n) is 7.16. The summed E-state index contributed by atoms with van der Waals surface area (Å²) in [6, 6.07) is 9.98. The Hall–Kier alpha value is -0.973. The normalized spacial score (nSPS) is 14.9. The first-order chi connectivity index (χ1) is 10.3. The van der Waals surface area contributed by atoms with Crippen LogP contribution in [0.5, 0.6) is 0 Å². The van der Waals surface area contributed by atoms with E-state index in [1.54, 1.807) is 0 Å². The molecular formula is C18H30O3Si. The van der Waals surface area contributed by atoms with Gasteiger partial charge < -0.3 is 14.6 Å². The highest BCUT2D eigenvalue weighted by atomic mass is 28.3. The Bertz CT molecular complexity index is 451. The Kier molecular flexibility index (Phi) is 7.46. The number of hydrogen-bond acceptors (Lipinski definition) is 3. The molecule has 124 valence electrons. The minimum absolute atomic E-state index is 0.107. The van der Waals surface area contributed by atoms with Crippen LogP contribution in [0, 0.1) is 11.8 Å². The summed E-state index contributed by atoms with van der Waals surface area (Å²) >= 11 is 0. The van der Waals surface area contributed by atoms with Gasteiger partial charge in [0.15, 0.2) is 0 Å². The molecule has 0 radical (unpaired) electrons. The van der Waals surface area contributed by atoms with Crippen LogP contribution in [0.25, 0.3) is 0 Å². The number of hydrogen-bond donors (Lipinski definition) is 1. The average molecular weight is 323 g/mol. The second kappa shape index (κ2) is 8.60. The van der Waals surface area contributed by atoms with Crippen molar-refractivity contribution in [2.24, 2.45) is 11.8 Å². The van der Waals surface area contributed by atoms with Gasteiger partial charge in [0, 0.05) is 19.1 Å². The van der Waals surface area contributed by atoms with Crippen molar-refractivity contribution < 1.29 is 14.6 Å². The van der Waals surface area contributed by atoms with Gasteiger partial charge in [0.1, 0.15) is 13.5 Å². The van der Waals surface area contributed by atoms with Gasteiger partial charge in [-0.05, 0) is 17.9 Å². The maximum Gasteiger partial charge on any atom is 0.124 e. The van der Waals surface area contributed by atoms with Gasteiger partial charge in [-0.1, -0.05) is 63.8 Å². The molecule has 1 aromatic rings. The lowest BCUT2D eigenvalue weighted by Crippen LogP contribution is -2.44. The summed E-state index contributed by atoms with van der Waals surface area (Å²) in [5.41, 5.74) is 1.05. The van der Waals surface area contributed by atoms with E-state index < -0.39 is 8.07 Å². The number of aliphatic hydroxyl groups is 1. The van der Waals surface area contributed by atoms with Gasteiger partial charge in [-0.25, -0.2) is 0 Å². The lowest BCUT2D eigenvalue weighted by molar-refractivity contribution is -0.124. The first-order valence-electron chi connectivity index (χ1n) is 8.10. The zero-order valence-electron chi connectivity index (χ0n) is 14.5. The monoisotopic (exact) mass is 322 g/mol. The van der Waals surface area contributed by atoms with E-state index in [1.165, 1.54) is 0 Å². The predicted molar refractivity (Wildman–Crippen MR) is 93.5 cm³/mol. The standard InChI is InChI=1S/C18H30O3Si/c1-14(2)16(18(20)22(3,4)5)17(21-13-9-12-19)15-10-7-6-8-11-15/h6-8,10-11,14,16-17,19H,9,12-13H2,1-5H3/t16-,17+/m0/s1. The Balaban J connectivity index is 3.12. The molecule has 1 aromatic carbocycles. The van der Waals surface area contributed by atoms with E-state index in [4.69, 9.17) is 9.84 Å². The van der Waals surface area contributed by atoms with Gasteiger partial charge in [0.25, 0.3) is 0 Å². The van der Waals surface area contributed by atoms with Crippen LogP contribution in [-0.2, 0) is 9.53 Å². The summed E-state index contributed by atoms with van der Waals surface area (Å²) in [6.45, 7) is 11.1. The number of rotatable bonds is 9. The maximum atomic E-state index is 13.0. The summed E-state index contributed by atoms with van der Waals surface area (Å²) in [5.74, 6) is 0.0892. The van der Waals surface area contributed by atoms with E-state index in [1.807, 2.05) is 30.3 Å². The fourth-order valence-corrected chi connectivity index (χ4v) is 4.10. The molecule has 2 atom stereocenters. The zero-order valence-corrected chi connectivity index (χ0v) is 15.5. The van der Waals surface area contributed by atoms with Crippen LogP contribution in [0.1, 0.15) is 31.9 Å². The predicted octanol–water partition coefficient (Wildman–Crippen LogP) is 3.85. The molecule has 0 spiro atoms. The molecule has 0 amide bonds. The van der Waals surface area contributed by atoms with Gasteiger partial charge in [0.05, 0.1) is 6.10 Å². The molecule has 0 unspecified atom stereocenters. The van der Waals surface area contributed by atoms with E-state index >= 15 is 0 Å². The van der Waals surface area contributed by atoms with Crippen LogP contribution in [-0.4, -0.2) is 31.8 Å². The molecule has 0 aromatic heterocycles. The summed E-state index contributed by atoms with van der Waals surface area (Å²) < 4.78 is 6.05. The lowest BCUT2D eigenvalue weighted by Gasteiger charge is -2.33. The number of ether oxygens (including phenoxy) is 1. The van der Waals surface area contributed by atoms with Crippen molar-refractivity contribution in [2.75, 3.05) is 13.2 Å². The third-order valence-corrected chi connectivity index (χ3v) is 5.63. The molecule has 0 aliphatic carbocycles. The third-order valence-electron chi connectivity index (χ3n) is 3.81. The minimum Gasteiger partial charge on any atom is -0.396 e. The summed E-state index contributed by atoms with van der Waals surface area (Å²) in [7, 11) is -1.90. The van der Waals surface area contributed by atoms with Crippen molar-refractivity contribution in [3.8, 4) is 0 Å². The SMILES string of the molecule is CC(C)[C@H](C(=O)[Si](C)(C)C)[C@H](OCCCO)c1ccccc1. The van der Waals surface area contributed by atoms with Gasteiger partial charge in [-0.2, -0.15) is 0 Å². The van der Waals surface area contributed by atoms with Crippen molar-refractivity contribution in [1.29, 1.82) is 0 Å². The van der Waals surface area contributed by atoms with Crippen LogP contribution in [0.2, 0.25) is 19.6 Å². The molecule has 4 heteroatoms. The van der Waals surface area contributed by atoms with Crippen molar-refractivity contribution in [3.63, 3.8) is 0 Å². The lowest BCUT2D eigenvalue weighted by atomic mass is 9.87. The highest BCUT2D eigenvalue weighted by Crippen LogP contribution is 2.34. The van der Waals surface area contributed by atoms with Crippen LogP contribution in [0.4, 0.5) is 0 Å². The Morgan fingerprint density at radius 2 is 1.77 bits per heavy atom. The topological polar surface area (TPSA) is 46.5 Å². The quantitative estimate of drug-likeness (QED) is 0.555. The molecular weight excluding hydrogens is 292 g/mol. The molecule has 0 saturated heterocycles. The van der Waals surface area contributed by atoms with E-state index in [-0.39, 0.29) is 24.5 Å². The molecule has 0 saturated carbocycles. The molecule has 22 heavy (non-hydrogen) atoms. The average Bonchev–Trinajstić information content (AvgIpc) is 2.45. The highest BCUT2D eigenvalue weighted by Gasteiger charge is 2.39. The van der Waals surface area contributed by atoms with Crippen molar-refractivity contribution in [3.05, 3.63) is 35.9 Å². The van der Waals surface area contributed by atoms with Crippen molar-refractivity contribution in [1.82, 2.24) is 0 Å². The van der Waals surface area contributed by atoms with Gasteiger partial charge in [-0.15, -0.1) is 0 Å². The van der Waals surface area contributed by atoms with Gasteiger partial charge in [-0.3, -0.25) is 0 Å². The summed E-state index contributed by atoms with van der Waals surface area (Å²) in [6.07, 6.45) is 0.363. The highest BCUT2D eigenvalue weighted by molar-refractivity contribution is 7.03. The first-order valence-corrected chi connectivity index (χ1v) is 11.6. The third kappa shape index (κ3) is 5.34. The van der Waals surface area contributed by atoms with Gasteiger partial charge >= 0.3 is 0 Å². The number of carbonyl (C=O) groups is 1. The zero-order chi connectivity index (χ0) is 16.8. The number of carbonyl (C=O) groups excluding carboxylic acids is 1. The van der Waals surface area contributed by atoms with Crippen LogP contribution in [0.15, 0.2) is 30.3 Å². The minimum atomic E-state index is -1.90. The molecule has 0 fully saturated rings. The van der Waals surface area contributed by atoms with E-state index in [9.17, 15) is 4.79 Å². The maximum absolute atomic E-state index is 13.0. The van der Waals surface area contributed by atoms with Crippen LogP contribution >= 0.6 is 0 Å². The summed E-state index contributed by atoms with van der Waals surface area (Å²) in [4.78, 5) is 13.0. The molecule has 1 N–H and O–H groups in total. The largest absolute Gasteiger partial charge is 0.396 e. The van der Waals surface area contributed by atoms with E-state index in [0.29, 0.717) is 18.4 Å². The first kappa shape index (κ1) is 19.1. The fraction of sp³-hybridized carbons (Fsp3) is 0.611. The van der Waals surface area contributed by atoms with Gasteiger partial charge in [0.2, 0.25) is 0 Å². The summed E-state index contributed by atoms with van der Waals surface area (Å²) in [5, 5.41) is 9.36. The van der Waals surface area contributed by atoms with E-state index in [2.05, 4.69) is 33.5 Å². The molecule has 0 heterocycles.